The molecule has 0 saturated carbocycles. The molecule has 0 unspecified atom stereocenters. The van der Waals surface area contributed by atoms with Crippen molar-refractivity contribution in [1.82, 2.24) is 4.98 Å². The van der Waals surface area contributed by atoms with Crippen LogP contribution in [0.5, 0.6) is 0 Å². The normalized spacial score (nSPS) is 9.47. The Kier molecular flexibility index (Phi) is 4.48. The van der Waals surface area contributed by atoms with Crippen LogP contribution in [0.25, 0.3) is 0 Å². The van der Waals surface area contributed by atoms with Gasteiger partial charge in [-0.1, -0.05) is 0 Å². The molecule has 0 bridgehead atoms. The maximum absolute atomic E-state index is 9.18. The summed E-state index contributed by atoms with van der Waals surface area (Å²) in [7, 11) is 0. The third-order valence-electron chi connectivity index (χ3n) is 2.64. The second kappa shape index (κ2) is 5.86. The second-order valence-corrected chi connectivity index (χ2v) is 3.84. The zero-order valence-electron chi connectivity index (χ0n) is 10.5. The van der Waals surface area contributed by atoms with E-state index >= 15 is 0 Å². The SMILES string of the molecule is CCN(CCC#N)c1cc(C)nc(C)c1C#N. The van der Waals surface area contributed by atoms with Gasteiger partial charge in [0.2, 0.25) is 0 Å². The maximum Gasteiger partial charge on any atom is 0.103 e. The molecular formula is C13H16N4. The number of hydrogen-bond donors (Lipinski definition) is 0. The summed E-state index contributed by atoms with van der Waals surface area (Å²) in [6, 6.07) is 6.23. The molecule has 0 fully saturated rings. The summed E-state index contributed by atoms with van der Waals surface area (Å²) >= 11 is 0. The van der Waals surface area contributed by atoms with Crippen LogP contribution < -0.4 is 4.90 Å². The maximum atomic E-state index is 9.18. The van der Waals surface area contributed by atoms with Gasteiger partial charge >= 0.3 is 0 Å². The zero-order chi connectivity index (χ0) is 12.8. The Bertz CT molecular complexity index is 479. The van der Waals surface area contributed by atoms with Crippen molar-refractivity contribution in [2.45, 2.75) is 27.2 Å². The summed E-state index contributed by atoms with van der Waals surface area (Å²) in [4.78, 5) is 6.33. The third kappa shape index (κ3) is 2.95. The summed E-state index contributed by atoms with van der Waals surface area (Å²) in [6.45, 7) is 7.19. The summed E-state index contributed by atoms with van der Waals surface area (Å²) < 4.78 is 0. The standard InChI is InChI=1S/C13H16N4/c1-4-17(7-5-6-14)13-8-10(2)16-11(3)12(13)9-15/h8H,4-5,7H2,1-3H3. The van der Waals surface area contributed by atoms with E-state index in [0.717, 1.165) is 23.6 Å². The van der Waals surface area contributed by atoms with Gasteiger partial charge in [-0.2, -0.15) is 10.5 Å². The van der Waals surface area contributed by atoms with E-state index in [9.17, 15) is 5.26 Å². The highest BCUT2D eigenvalue weighted by molar-refractivity contribution is 5.61. The van der Waals surface area contributed by atoms with Gasteiger partial charge in [-0.05, 0) is 26.8 Å². The first-order chi connectivity index (χ1) is 8.13. The fourth-order valence-electron chi connectivity index (χ4n) is 1.83. The van der Waals surface area contributed by atoms with Crippen LogP contribution >= 0.6 is 0 Å². The van der Waals surface area contributed by atoms with Crippen LogP contribution in [-0.2, 0) is 0 Å². The molecule has 0 aliphatic rings. The van der Waals surface area contributed by atoms with Crippen molar-refractivity contribution in [3.8, 4) is 12.1 Å². The van der Waals surface area contributed by atoms with Crippen molar-refractivity contribution in [1.29, 1.82) is 10.5 Å². The van der Waals surface area contributed by atoms with Crippen molar-refractivity contribution in [3.05, 3.63) is 23.0 Å². The number of anilines is 1. The smallest absolute Gasteiger partial charge is 0.103 e. The zero-order valence-corrected chi connectivity index (χ0v) is 10.5. The Morgan fingerprint density at radius 1 is 1.35 bits per heavy atom. The highest BCUT2D eigenvalue weighted by Gasteiger charge is 2.13. The van der Waals surface area contributed by atoms with Gasteiger partial charge in [-0.25, -0.2) is 0 Å². The van der Waals surface area contributed by atoms with E-state index in [-0.39, 0.29) is 0 Å². The summed E-state index contributed by atoms with van der Waals surface area (Å²) in [5, 5.41) is 17.8. The van der Waals surface area contributed by atoms with Crippen molar-refractivity contribution in [3.63, 3.8) is 0 Å². The Hall–Kier alpha value is -2.07. The molecule has 1 rings (SSSR count). The molecule has 0 aliphatic carbocycles. The molecule has 1 aromatic rings. The first kappa shape index (κ1) is 13.0. The minimum atomic E-state index is 0.457. The lowest BCUT2D eigenvalue weighted by Crippen LogP contribution is -2.25. The van der Waals surface area contributed by atoms with Crippen molar-refractivity contribution in [2.75, 3.05) is 18.0 Å². The predicted octanol–water partition coefficient (Wildman–Crippen LogP) is 2.31. The fourth-order valence-corrected chi connectivity index (χ4v) is 1.83. The molecule has 4 heteroatoms. The number of aryl methyl sites for hydroxylation is 2. The highest BCUT2D eigenvalue weighted by Crippen LogP contribution is 2.23. The molecule has 17 heavy (non-hydrogen) atoms. The van der Waals surface area contributed by atoms with Gasteiger partial charge in [-0.3, -0.25) is 4.98 Å². The van der Waals surface area contributed by atoms with E-state index in [1.807, 2.05) is 31.7 Å². The van der Waals surface area contributed by atoms with Crippen molar-refractivity contribution in [2.24, 2.45) is 0 Å². The largest absolute Gasteiger partial charge is 0.370 e. The van der Waals surface area contributed by atoms with Gasteiger partial charge in [0.25, 0.3) is 0 Å². The average Bonchev–Trinajstić information content (AvgIpc) is 2.29. The van der Waals surface area contributed by atoms with Crippen LogP contribution in [0, 0.1) is 36.5 Å². The molecule has 0 aliphatic heterocycles. The molecule has 0 amide bonds. The van der Waals surface area contributed by atoms with Crippen molar-refractivity contribution < 1.29 is 0 Å². The van der Waals surface area contributed by atoms with Gasteiger partial charge in [0, 0.05) is 18.8 Å². The number of rotatable bonds is 4. The van der Waals surface area contributed by atoms with Gasteiger partial charge in [0.15, 0.2) is 0 Å². The monoisotopic (exact) mass is 228 g/mol. The van der Waals surface area contributed by atoms with Crippen LogP contribution in [-0.4, -0.2) is 18.1 Å². The molecule has 0 saturated heterocycles. The van der Waals surface area contributed by atoms with Gasteiger partial charge < -0.3 is 4.90 Å². The van der Waals surface area contributed by atoms with Crippen LogP contribution in [0.3, 0.4) is 0 Å². The van der Waals surface area contributed by atoms with Crippen LogP contribution in [0.15, 0.2) is 6.07 Å². The molecule has 0 spiro atoms. The molecule has 0 radical (unpaired) electrons. The predicted molar refractivity (Wildman–Crippen MR) is 66.5 cm³/mol. The molecular weight excluding hydrogens is 212 g/mol. The summed E-state index contributed by atoms with van der Waals surface area (Å²) in [5.74, 6) is 0. The minimum Gasteiger partial charge on any atom is -0.370 e. The molecule has 0 atom stereocenters. The molecule has 4 nitrogen and oxygen atoms in total. The molecule has 1 aromatic heterocycles. The Morgan fingerprint density at radius 3 is 2.59 bits per heavy atom. The molecule has 1 heterocycles. The van der Waals surface area contributed by atoms with Crippen LogP contribution in [0.1, 0.15) is 30.3 Å². The van der Waals surface area contributed by atoms with E-state index in [4.69, 9.17) is 5.26 Å². The first-order valence-corrected chi connectivity index (χ1v) is 5.64. The number of nitrogens with zero attached hydrogens (tertiary/aromatic N) is 4. The van der Waals surface area contributed by atoms with E-state index < -0.39 is 0 Å². The third-order valence-corrected chi connectivity index (χ3v) is 2.64. The van der Waals surface area contributed by atoms with E-state index in [1.54, 1.807) is 0 Å². The fraction of sp³-hybridized carbons (Fsp3) is 0.462. The first-order valence-electron chi connectivity index (χ1n) is 5.64. The molecule has 0 N–H and O–H groups in total. The molecule has 88 valence electrons. The number of aromatic nitrogens is 1. The quantitative estimate of drug-likeness (QED) is 0.793. The van der Waals surface area contributed by atoms with E-state index in [0.29, 0.717) is 18.5 Å². The van der Waals surface area contributed by atoms with E-state index in [2.05, 4.69) is 17.1 Å². The highest BCUT2D eigenvalue weighted by atomic mass is 15.1. The number of hydrogen-bond acceptors (Lipinski definition) is 4. The Balaban J connectivity index is 3.19. The topological polar surface area (TPSA) is 63.7 Å². The lowest BCUT2D eigenvalue weighted by atomic mass is 10.1. The lowest BCUT2D eigenvalue weighted by Gasteiger charge is -2.23. The lowest BCUT2D eigenvalue weighted by molar-refractivity contribution is 0.821. The Morgan fingerprint density at radius 2 is 2.06 bits per heavy atom. The summed E-state index contributed by atoms with van der Waals surface area (Å²) in [6.07, 6.45) is 0.457. The second-order valence-electron chi connectivity index (χ2n) is 3.84. The van der Waals surface area contributed by atoms with Crippen LogP contribution in [0.2, 0.25) is 0 Å². The van der Waals surface area contributed by atoms with Crippen LogP contribution in [0.4, 0.5) is 5.69 Å². The van der Waals surface area contributed by atoms with Gasteiger partial charge in [-0.15, -0.1) is 0 Å². The average molecular weight is 228 g/mol. The summed E-state index contributed by atoms with van der Waals surface area (Å²) in [5.41, 5.74) is 3.13. The van der Waals surface area contributed by atoms with Gasteiger partial charge in [0.1, 0.15) is 6.07 Å². The van der Waals surface area contributed by atoms with Crippen molar-refractivity contribution >= 4 is 5.69 Å². The minimum absolute atomic E-state index is 0.457. The molecule has 0 aromatic carbocycles. The number of pyridine rings is 1. The number of nitriles is 2. The Labute approximate surface area is 102 Å². The van der Waals surface area contributed by atoms with E-state index in [1.165, 1.54) is 0 Å². The van der Waals surface area contributed by atoms with Gasteiger partial charge in [0.05, 0.1) is 29.4 Å².